The van der Waals surface area contributed by atoms with E-state index in [2.05, 4.69) is 12.2 Å². The van der Waals surface area contributed by atoms with Crippen molar-refractivity contribution in [1.29, 1.82) is 0 Å². The molecule has 1 N–H and O–H groups in total. The summed E-state index contributed by atoms with van der Waals surface area (Å²) >= 11 is 2.66. The fourth-order valence-corrected chi connectivity index (χ4v) is 6.58. The lowest BCUT2D eigenvalue weighted by atomic mass is 9.89. The Bertz CT molecular complexity index is 1480. The molecular formula is C26H22F3N3O2S2. The zero-order valence-electron chi connectivity index (χ0n) is 19.3. The summed E-state index contributed by atoms with van der Waals surface area (Å²) in [4.78, 5) is 33.0. The van der Waals surface area contributed by atoms with Crippen molar-refractivity contribution in [3.05, 3.63) is 81.0 Å². The van der Waals surface area contributed by atoms with Crippen molar-refractivity contribution in [1.82, 2.24) is 9.55 Å². The molecule has 0 aliphatic heterocycles. The monoisotopic (exact) mass is 529 g/mol. The second-order valence-corrected chi connectivity index (χ2v) is 10.8. The molecule has 1 atom stereocenters. The molecule has 5 nitrogen and oxygen atoms in total. The first-order valence-electron chi connectivity index (χ1n) is 11.4. The Morgan fingerprint density at radius 2 is 1.89 bits per heavy atom. The lowest BCUT2D eigenvalue weighted by molar-refractivity contribution is -0.137. The number of anilines is 1. The second-order valence-electron chi connectivity index (χ2n) is 8.81. The maximum absolute atomic E-state index is 13.7. The molecule has 10 heteroatoms. The highest BCUT2D eigenvalue weighted by molar-refractivity contribution is 7.99. The van der Waals surface area contributed by atoms with Gasteiger partial charge in [-0.15, -0.1) is 11.3 Å². The number of halogens is 3. The van der Waals surface area contributed by atoms with Crippen molar-refractivity contribution < 1.29 is 18.0 Å². The van der Waals surface area contributed by atoms with Crippen molar-refractivity contribution in [2.45, 2.75) is 37.5 Å². The van der Waals surface area contributed by atoms with E-state index in [0.29, 0.717) is 27.0 Å². The number of aryl methyl sites for hydroxylation is 1. The predicted molar refractivity (Wildman–Crippen MR) is 137 cm³/mol. The SMILES string of the molecule is C[C@H]1CCc2c(sc3nc(SCC(=O)Nc4ccc(C(F)(F)F)cc4)n(-c4ccccc4)c(=O)c23)C1. The van der Waals surface area contributed by atoms with Gasteiger partial charge in [0.15, 0.2) is 5.16 Å². The molecule has 4 aromatic rings. The van der Waals surface area contributed by atoms with Crippen molar-refractivity contribution in [2.75, 3.05) is 11.1 Å². The van der Waals surface area contributed by atoms with Crippen LogP contribution in [-0.2, 0) is 23.8 Å². The van der Waals surface area contributed by atoms with E-state index in [1.165, 1.54) is 17.0 Å². The van der Waals surface area contributed by atoms with Crippen LogP contribution in [0.1, 0.15) is 29.3 Å². The summed E-state index contributed by atoms with van der Waals surface area (Å²) in [5.74, 6) is 0.0890. The Labute approximate surface area is 213 Å². The number of carbonyl (C=O) groups excluding carboxylic acids is 1. The molecule has 2 aromatic carbocycles. The summed E-state index contributed by atoms with van der Waals surface area (Å²) in [5, 5.41) is 3.66. The Morgan fingerprint density at radius 3 is 2.58 bits per heavy atom. The Balaban J connectivity index is 1.44. The van der Waals surface area contributed by atoms with E-state index in [0.717, 1.165) is 48.7 Å². The van der Waals surface area contributed by atoms with Crippen molar-refractivity contribution in [3.8, 4) is 5.69 Å². The normalized spacial score (nSPS) is 15.6. The molecule has 0 saturated heterocycles. The topological polar surface area (TPSA) is 64.0 Å². The molecule has 2 heterocycles. The summed E-state index contributed by atoms with van der Waals surface area (Å²) in [6, 6.07) is 13.4. The third-order valence-electron chi connectivity index (χ3n) is 6.14. The minimum Gasteiger partial charge on any atom is -0.325 e. The first-order valence-corrected chi connectivity index (χ1v) is 13.2. The smallest absolute Gasteiger partial charge is 0.325 e. The van der Waals surface area contributed by atoms with E-state index in [1.54, 1.807) is 15.9 Å². The molecule has 0 bridgehead atoms. The van der Waals surface area contributed by atoms with E-state index in [1.807, 2.05) is 30.3 Å². The van der Waals surface area contributed by atoms with E-state index >= 15 is 0 Å². The van der Waals surface area contributed by atoms with Crippen molar-refractivity contribution >= 4 is 44.9 Å². The molecule has 1 aliphatic rings. The van der Waals surface area contributed by atoms with E-state index < -0.39 is 17.6 Å². The summed E-state index contributed by atoms with van der Waals surface area (Å²) in [6.07, 6.45) is -1.63. The molecule has 2 aromatic heterocycles. The number of rotatable bonds is 5. The van der Waals surface area contributed by atoms with E-state index in [-0.39, 0.29) is 17.0 Å². The molecule has 0 fully saturated rings. The number of nitrogens with one attached hydrogen (secondary N) is 1. The molecule has 186 valence electrons. The largest absolute Gasteiger partial charge is 0.416 e. The maximum Gasteiger partial charge on any atom is 0.416 e. The molecule has 0 unspecified atom stereocenters. The lowest BCUT2D eigenvalue weighted by Gasteiger charge is -2.17. The van der Waals surface area contributed by atoms with Crippen LogP contribution in [-0.4, -0.2) is 21.2 Å². The molecule has 5 rings (SSSR count). The van der Waals surface area contributed by atoms with Crippen molar-refractivity contribution in [3.63, 3.8) is 0 Å². The van der Waals surface area contributed by atoms with Gasteiger partial charge in [0.05, 0.1) is 22.4 Å². The third kappa shape index (κ3) is 4.92. The average Bonchev–Trinajstić information content (AvgIpc) is 3.20. The fraction of sp³-hybridized carbons (Fsp3) is 0.269. The quantitative estimate of drug-likeness (QED) is 0.243. The number of hydrogen-bond acceptors (Lipinski definition) is 5. The standard InChI is InChI=1S/C26H22F3N3O2S2/c1-15-7-12-19-20(13-15)36-23-22(19)24(34)32(18-5-3-2-4-6-18)25(31-23)35-14-21(33)30-17-10-8-16(9-11-17)26(27,28)29/h2-6,8-11,15H,7,12-14H2,1H3,(H,30,33)/t15-/m0/s1. The number of thioether (sulfide) groups is 1. The van der Waals surface area contributed by atoms with Crippen LogP contribution in [0.2, 0.25) is 0 Å². The third-order valence-corrected chi connectivity index (χ3v) is 8.23. The van der Waals surface area contributed by atoms with Crippen molar-refractivity contribution in [2.24, 2.45) is 5.92 Å². The highest BCUT2D eigenvalue weighted by atomic mass is 32.2. The van der Waals surface area contributed by atoms with Crippen LogP contribution < -0.4 is 10.9 Å². The number of alkyl halides is 3. The number of carbonyl (C=O) groups is 1. The van der Waals surface area contributed by atoms with Gasteiger partial charge < -0.3 is 5.32 Å². The minimum absolute atomic E-state index is 0.0616. The van der Waals surface area contributed by atoms with Gasteiger partial charge in [-0.05, 0) is 67.1 Å². The number of fused-ring (bicyclic) bond motifs is 3. The van der Waals surface area contributed by atoms with E-state index in [4.69, 9.17) is 4.98 Å². The summed E-state index contributed by atoms with van der Waals surface area (Å²) < 4.78 is 39.9. The number of hydrogen-bond donors (Lipinski definition) is 1. The number of amides is 1. The Kier molecular flexibility index (Phi) is 6.65. The summed E-state index contributed by atoms with van der Waals surface area (Å²) in [5.41, 5.74) is 1.08. The first-order chi connectivity index (χ1) is 17.2. The van der Waals surface area contributed by atoms with E-state index in [9.17, 15) is 22.8 Å². The summed E-state index contributed by atoms with van der Waals surface area (Å²) in [6.45, 7) is 2.21. The summed E-state index contributed by atoms with van der Waals surface area (Å²) in [7, 11) is 0. The molecule has 0 saturated carbocycles. The van der Waals surface area contributed by atoms with Crippen LogP contribution in [0, 0.1) is 5.92 Å². The lowest BCUT2D eigenvalue weighted by Crippen LogP contribution is -2.23. The minimum atomic E-state index is -4.44. The number of nitrogens with zero attached hydrogens (tertiary/aromatic N) is 2. The Morgan fingerprint density at radius 1 is 1.17 bits per heavy atom. The van der Waals surface area contributed by atoms with Gasteiger partial charge in [-0.2, -0.15) is 13.2 Å². The van der Waals surface area contributed by atoms with Crippen LogP contribution in [0.5, 0.6) is 0 Å². The number of para-hydroxylation sites is 1. The molecule has 0 radical (unpaired) electrons. The zero-order valence-corrected chi connectivity index (χ0v) is 20.9. The number of thiophene rings is 1. The van der Waals surface area contributed by atoms with Gasteiger partial charge in [0.2, 0.25) is 5.91 Å². The predicted octanol–water partition coefficient (Wildman–Crippen LogP) is 6.32. The van der Waals surface area contributed by atoms with Gasteiger partial charge in [0, 0.05) is 10.6 Å². The number of aromatic nitrogens is 2. The van der Waals surface area contributed by atoms with Crippen LogP contribution in [0.15, 0.2) is 64.5 Å². The molecule has 36 heavy (non-hydrogen) atoms. The Hall–Kier alpha value is -3.11. The van der Waals surface area contributed by atoms with Crippen LogP contribution in [0.25, 0.3) is 15.9 Å². The van der Waals surface area contributed by atoms with Gasteiger partial charge in [0.1, 0.15) is 4.83 Å². The van der Waals surface area contributed by atoms with Gasteiger partial charge in [-0.1, -0.05) is 36.9 Å². The number of benzene rings is 2. The first kappa shape index (κ1) is 24.6. The van der Waals surface area contributed by atoms with Crippen LogP contribution >= 0.6 is 23.1 Å². The highest BCUT2D eigenvalue weighted by Gasteiger charge is 2.30. The van der Waals surface area contributed by atoms with Gasteiger partial charge in [-0.25, -0.2) is 4.98 Å². The highest BCUT2D eigenvalue weighted by Crippen LogP contribution is 2.37. The fourth-order valence-electron chi connectivity index (χ4n) is 4.34. The van der Waals surface area contributed by atoms with Gasteiger partial charge in [0.25, 0.3) is 5.56 Å². The molecular weight excluding hydrogens is 507 g/mol. The van der Waals surface area contributed by atoms with Crippen LogP contribution in [0.4, 0.5) is 18.9 Å². The van der Waals surface area contributed by atoms with Crippen LogP contribution in [0.3, 0.4) is 0 Å². The molecule has 1 aliphatic carbocycles. The molecule has 1 amide bonds. The van der Waals surface area contributed by atoms with Gasteiger partial charge in [-0.3, -0.25) is 14.2 Å². The zero-order chi connectivity index (χ0) is 25.4. The maximum atomic E-state index is 13.7. The second kappa shape index (κ2) is 9.74. The molecule has 0 spiro atoms. The average molecular weight is 530 g/mol. The van der Waals surface area contributed by atoms with Gasteiger partial charge >= 0.3 is 6.18 Å².